The number of aromatic hydroxyl groups is 1. The third kappa shape index (κ3) is 3.47. The number of thiazole rings is 1. The molecule has 0 spiro atoms. The number of hydrogen-bond donors (Lipinski definition) is 3. The number of hydrogen-bond acceptors (Lipinski definition) is 5. The summed E-state index contributed by atoms with van der Waals surface area (Å²) in [7, 11) is 0. The fourth-order valence-corrected chi connectivity index (χ4v) is 8.16. The summed E-state index contributed by atoms with van der Waals surface area (Å²) in [6, 6.07) is 5.99. The molecule has 1 aromatic carbocycles. The van der Waals surface area contributed by atoms with E-state index in [-0.39, 0.29) is 11.3 Å². The van der Waals surface area contributed by atoms with Crippen LogP contribution < -0.4 is 5.32 Å². The molecule has 1 saturated carbocycles. The lowest BCUT2D eigenvalue weighted by Gasteiger charge is -2.50. The summed E-state index contributed by atoms with van der Waals surface area (Å²) in [5, 5.41) is 21.5. The number of rotatable bonds is 5. The molecule has 6 nitrogen and oxygen atoms in total. The van der Waals surface area contributed by atoms with Crippen molar-refractivity contribution >= 4 is 22.4 Å². The molecule has 5 atom stereocenters. The Morgan fingerprint density at radius 2 is 2.21 bits per heavy atom. The van der Waals surface area contributed by atoms with Crippen molar-refractivity contribution in [3.63, 3.8) is 0 Å². The third-order valence-electron chi connectivity index (χ3n) is 8.79. The molecule has 3 aromatic rings. The third-order valence-corrected chi connectivity index (χ3v) is 9.62. The molecule has 1 amide bonds. The van der Waals surface area contributed by atoms with Crippen molar-refractivity contribution in [2.24, 2.45) is 11.8 Å². The van der Waals surface area contributed by atoms with Crippen molar-refractivity contribution in [2.45, 2.75) is 76.0 Å². The maximum atomic E-state index is 12.5. The number of carbonyl (C=O) groups excluding carboxylic acids is 1. The van der Waals surface area contributed by atoms with E-state index in [1.165, 1.54) is 40.1 Å². The molecule has 2 heterocycles. The standard InChI is InChI=1S/C27H32N4O2S/c1-15-13-28-26(34-15)30-23(33)5-3-4-20-22-14-29-31-25(22)27(2)11-10-19-18-9-7-17(32)12-16(18)6-8-21(19)24(20)27/h7,9,12-14,19-21,24,32H,3-6,8,10-11H2,1-2H3,(H,29,31)(H,28,30,33)/t19?,20-,21?,24?,27+/m1/s1. The van der Waals surface area contributed by atoms with E-state index in [1.54, 1.807) is 6.20 Å². The van der Waals surface area contributed by atoms with Gasteiger partial charge in [-0.1, -0.05) is 13.0 Å². The molecule has 3 unspecified atom stereocenters. The van der Waals surface area contributed by atoms with Gasteiger partial charge >= 0.3 is 0 Å². The van der Waals surface area contributed by atoms with Crippen molar-refractivity contribution in [2.75, 3.05) is 5.32 Å². The van der Waals surface area contributed by atoms with Crippen LogP contribution in [0.3, 0.4) is 0 Å². The largest absolute Gasteiger partial charge is 0.508 e. The van der Waals surface area contributed by atoms with Crippen molar-refractivity contribution < 1.29 is 9.90 Å². The SMILES string of the molecule is Cc1cnc(NC(=O)CCC[C@@H]2c3c[nH]nc3[C@@]3(C)CCC4c5ccc(O)cc5CCC4C23)s1. The van der Waals surface area contributed by atoms with E-state index < -0.39 is 0 Å². The zero-order valence-electron chi connectivity index (χ0n) is 19.8. The van der Waals surface area contributed by atoms with Gasteiger partial charge in [0.2, 0.25) is 5.91 Å². The number of benzene rings is 1. The number of aromatic nitrogens is 3. The number of amides is 1. The van der Waals surface area contributed by atoms with Gasteiger partial charge in [0.15, 0.2) is 5.13 Å². The molecular weight excluding hydrogens is 444 g/mol. The first-order chi connectivity index (χ1) is 16.4. The molecule has 178 valence electrons. The number of fused-ring (bicyclic) bond motifs is 7. The van der Waals surface area contributed by atoms with Crippen molar-refractivity contribution in [1.29, 1.82) is 0 Å². The van der Waals surface area contributed by atoms with Crippen LogP contribution in [0.4, 0.5) is 5.13 Å². The molecule has 3 N–H and O–H groups in total. The molecule has 2 aromatic heterocycles. The number of carbonyl (C=O) groups is 1. The monoisotopic (exact) mass is 476 g/mol. The quantitative estimate of drug-likeness (QED) is 0.434. The molecular formula is C27H32N4O2S. The van der Waals surface area contributed by atoms with Crippen LogP contribution in [0.2, 0.25) is 0 Å². The Bertz CT molecular complexity index is 1230. The fourth-order valence-electron chi connectivity index (χ4n) is 7.48. The summed E-state index contributed by atoms with van der Waals surface area (Å²) in [5.41, 5.74) is 5.50. The van der Waals surface area contributed by atoms with Crippen LogP contribution in [-0.4, -0.2) is 26.2 Å². The molecule has 3 aliphatic rings. The first kappa shape index (κ1) is 21.8. The Labute approximate surface area is 204 Å². The first-order valence-corrected chi connectivity index (χ1v) is 13.3. The molecule has 6 rings (SSSR count). The number of H-pyrrole nitrogens is 1. The number of phenols is 1. The zero-order valence-corrected chi connectivity index (χ0v) is 20.6. The number of nitrogens with one attached hydrogen (secondary N) is 2. The number of phenolic OH excluding ortho intramolecular Hbond substituents is 1. The maximum absolute atomic E-state index is 12.5. The lowest BCUT2D eigenvalue weighted by molar-refractivity contribution is -0.116. The maximum Gasteiger partial charge on any atom is 0.226 e. The Kier molecular flexibility index (Phi) is 5.28. The van der Waals surface area contributed by atoms with Crippen LogP contribution in [0.15, 0.2) is 30.6 Å². The molecule has 0 bridgehead atoms. The van der Waals surface area contributed by atoms with E-state index in [9.17, 15) is 9.90 Å². The van der Waals surface area contributed by atoms with Crippen molar-refractivity contribution in [3.8, 4) is 5.75 Å². The van der Waals surface area contributed by atoms with Gasteiger partial charge in [-0.15, -0.1) is 11.3 Å². The molecule has 34 heavy (non-hydrogen) atoms. The molecule has 1 fully saturated rings. The molecule has 0 saturated heterocycles. The Morgan fingerprint density at radius 3 is 3.03 bits per heavy atom. The van der Waals surface area contributed by atoms with E-state index in [0.29, 0.717) is 41.0 Å². The molecule has 0 aliphatic heterocycles. The van der Waals surface area contributed by atoms with Gasteiger partial charge in [-0.2, -0.15) is 5.10 Å². The summed E-state index contributed by atoms with van der Waals surface area (Å²) in [6.07, 6.45) is 10.8. The lowest BCUT2D eigenvalue weighted by Crippen LogP contribution is -2.44. The Hall–Kier alpha value is -2.67. The van der Waals surface area contributed by atoms with Crippen LogP contribution in [-0.2, 0) is 16.6 Å². The summed E-state index contributed by atoms with van der Waals surface area (Å²) in [4.78, 5) is 17.9. The highest BCUT2D eigenvalue weighted by Crippen LogP contribution is 2.64. The predicted octanol–water partition coefficient (Wildman–Crippen LogP) is 5.80. The number of aromatic amines is 1. The van der Waals surface area contributed by atoms with E-state index in [2.05, 4.69) is 34.6 Å². The van der Waals surface area contributed by atoms with Gasteiger partial charge < -0.3 is 10.4 Å². The van der Waals surface area contributed by atoms with E-state index >= 15 is 0 Å². The summed E-state index contributed by atoms with van der Waals surface area (Å²) < 4.78 is 0. The average Bonchev–Trinajstić information content (AvgIpc) is 3.50. The lowest BCUT2D eigenvalue weighted by atomic mass is 9.53. The highest BCUT2D eigenvalue weighted by Gasteiger charge is 2.58. The van der Waals surface area contributed by atoms with Crippen LogP contribution in [0, 0.1) is 18.8 Å². The summed E-state index contributed by atoms with van der Waals surface area (Å²) >= 11 is 1.52. The van der Waals surface area contributed by atoms with Gasteiger partial charge in [0.1, 0.15) is 5.75 Å². The minimum Gasteiger partial charge on any atom is -0.508 e. The fraction of sp³-hybridized carbons (Fsp3) is 0.519. The van der Waals surface area contributed by atoms with Gasteiger partial charge in [0.25, 0.3) is 0 Å². The first-order valence-electron chi connectivity index (χ1n) is 12.5. The molecule has 7 heteroatoms. The van der Waals surface area contributed by atoms with Gasteiger partial charge in [0, 0.05) is 29.1 Å². The number of nitrogens with zero attached hydrogens (tertiary/aromatic N) is 2. The Balaban J connectivity index is 1.22. The minimum absolute atomic E-state index is 0.0513. The van der Waals surface area contributed by atoms with E-state index in [1.807, 2.05) is 19.1 Å². The summed E-state index contributed by atoms with van der Waals surface area (Å²) in [5.74, 6) is 2.57. The average molecular weight is 477 g/mol. The highest BCUT2D eigenvalue weighted by molar-refractivity contribution is 7.15. The highest BCUT2D eigenvalue weighted by atomic mass is 32.1. The second-order valence-electron chi connectivity index (χ2n) is 10.7. The predicted molar refractivity (Wildman–Crippen MR) is 133 cm³/mol. The minimum atomic E-state index is 0.0513. The number of aryl methyl sites for hydroxylation is 2. The van der Waals surface area contributed by atoms with Gasteiger partial charge in [0.05, 0.1) is 5.69 Å². The molecule has 3 aliphatic carbocycles. The van der Waals surface area contributed by atoms with Gasteiger partial charge in [-0.05, 0) is 97.9 Å². The van der Waals surface area contributed by atoms with Crippen LogP contribution >= 0.6 is 11.3 Å². The van der Waals surface area contributed by atoms with Gasteiger partial charge in [-0.25, -0.2) is 4.98 Å². The van der Waals surface area contributed by atoms with Crippen LogP contribution in [0.1, 0.15) is 84.5 Å². The van der Waals surface area contributed by atoms with Gasteiger partial charge in [-0.3, -0.25) is 9.89 Å². The van der Waals surface area contributed by atoms with E-state index in [0.717, 1.165) is 37.0 Å². The number of anilines is 1. The van der Waals surface area contributed by atoms with Crippen molar-refractivity contribution in [3.05, 3.63) is 57.9 Å². The topological polar surface area (TPSA) is 90.9 Å². The Morgan fingerprint density at radius 1 is 1.32 bits per heavy atom. The smallest absolute Gasteiger partial charge is 0.226 e. The summed E-state index contributed by atoms with van der Waals surface area (Å²) in [6.45, 7) is 4.42. The normalized spacial score (nSPS) is 29.1. The van der Waals surface area contributed by atoms with Crippen LogP contribution in [0.5, 0.6) is 5.75 Å². The zero-order chi connectivity index (χ0) is 23.4. The molecule has 0 radical (unpaired) electrons. The van der Waals surface area contributed by atoms with Crippen molar-refractivity contribution in [1.82, 2.24) is 15.2 Å². The van der Waals surface area contributed by atoms with Crippen LogP contribution in [0.25, 0.3) is 0 Å². The second-order valence-corrected chi connectivity index (χ2v) is 11.9. The second kappa shape index (κ2) is 8.22. The van der Waals surface area contributed by atoms with E-state index in [4.69, 9.17) is 5.10 Å².